The van der Waals surface area contributed by atoms with Crippen molar-refractivity contribution in [3.8, 4) is 28.4 Å². The summed E-state index contributed by atoms with van der Waals surface area (Å²) in [5.41, 5.74) is 7.16. The fourth-order valence-corrected chi connectivity index (χ4v) is 5.75. The lowest BCUT2D eigenvalue weighted by Gasteiger charge is -2.61. The molecule has 1 N–H and O–H groups in total. The van der Waals surface area contributed by atoms with E-state index in [1.54, 1.807) is 11.6 Å². The van der Waals surface area contributed by atoms with Gasteiger partial charge in [0, 0.05) is 48.9 Å². The third kappa shape index (κ3) is 3.65. The highest BCUT2D eigenvalue weighted by molar-refractivity contribution is 5.75. The van der Waals surface area contributed by atoms with Crippen LogP contribution in [0, 0.1) is 5.41 Å². The number of aromatic amines is 1. The molecule has 4 aromatic heterocycles. The van der Waals surface area contributed by atoms with Crippen LogP contribution in [0.25, 0.3) is 28.3 Å². The molecule has 0 unspecified atom stereocenters. The van der Waals surface area contributed by atoms with Crippen molar-refractivity contribution in [2.75, 3.05) is 44.7 Å². The number of rotatable bonds is 7. The second-order valence-electron chi connectivity index (χ2n) is 10.3. The Morgan fingerprint density at radius 2 is 1.97 bits per heavy atom. The van der Waals surface area contributed by atoms with Gasteiger partial charge in [-0.2, -0.15) is 10.2 Å². The maximum Gasteiger partial charge on any atom is 0.197 e. The van der Waals surface area contributed by atoms with Crippen molar-refractivity contribution in [2.24, 2.45) is 5.41 Å². The minimum Gasteiger partial charge on any atom is -0.493 e. The summed E-state index contributed by atoms with van der Waals surface area (Å²) < 4.78 is 7.28. The first-order chi connectivity index (χ1) is 17.0. The molecule has 182 valence electrons. The number of nitrogens with one attached hydrogen (secondary N) is 1. The second kappa shape index (κ2) is 8.34. The molecule has 35 heavy (non-hydrogen) atoms. The Morgan fingerprint density at radius 1 is 1.14 bits per heavy atom. The number of aromatic nitrogens is 6. The Morgan fingerprint density at radius 3 is 2.66 bits per heavy atom. The summed E-state index contributed by atoms with van der Waals surface area (Å²) in [7, 11) is 1.64. The molecule has 0 radical (unpaired) electrons. The number of nitrogens with zero attached hydrogens (tertiary/aromatic N) is 7. The van der Waals surface area contributed by atoms with E-state index in [-0.39, 0.29) is 5.92 Å². The van der Waals surface area contributed by atoms with E-state index in [1.165, 1.54) is 38.1 Å². The molecule has 2 aliphatic heterocycles. The van der Waals surface area contributed by atoms with E-state index in [0.717, 1.165) is 41.3 Å². The second-order valence-corrected chi connectivity index (χ2v) is 10.3. The van der Waals surface area contributed by atoms with Crippen LogP contribution in [0.15, 0.2) is 36.9 Å². The smallest absolute Gasteiger partial charge is 0.197 e. The number of likely N-dealkylation sites (tertiary alicyclic amines) is 1. The van der Waals surface area contributed by atoms with Crippen LogP contribution >= 0.6 is 0 Å². The lowest BCUT2D eigenvalue weighted by atomic mass is 9.72. The monoisotopic (exact) mass is 472 g/mol. The SMILES string of the molecule is CCCN1CC2(C1)CN(c1ccc(-c3[nH]nc(-c4cc(OC)c5ncnn5c4)c3C(C)C)nc1)C2. The lowest BCUT2D eigenvalue weighted by molar-refractivity contribution is -0.0212. The molecule has 0 aliphatic carbocycles. The highest BCUT2D eigenvalue weighted by atomic mass is 16.5. The van der Waals surface area contributed by atoms with E-state index < -0.39 is 0 Å². The van der Waals surface area contributed by atoms with Gasteiger partial charge in [-0.25, -0.2) is 9.50 Å². The van der Waals surface area contributed by atoms with Crippen molar-refractivity contribution < 1.29 is 4.74 Å². The van der Waals surface area contributed by atoms with E-state index in [2.05, 4.69) is 57.9 Å². The maximum atomic E-state index is 5.56. The molecule has 0 saturated carbocycles. The zero-order valence-electron chi connectivity index (χ0n) is 20.8. The Balaban J connectivity index is 1.25. The standard InChI is InChI=1S/C26H32N8O/c1-5-8-32-12-26(13-32)14-33(15-26)19-6-7-20(27-10-19)24-22(17(2)3)23(30-31-24)18-9-21(35-4)25-28-16-29-34(25)11-18/h6-7,9-11,16-17H,5,8,12-15H2,1-4H3,(H,30,31). The zero-order valence-corrected chi connectivity index (χ0v) is 20.8. The van der Waals surface area contributed by atoms with Crippen molar-refractivity contribution in [1.82, 2.24) is 34.7 Å². The number of anilines is 1. The summed E-state index contributed by atoms with van der Waals surface area (Å²) in [5, 5.41) is 12.2. The number of methoxy groups -OCH3 is 1. The molecule has 2 fully saturated rings. The molecule has 9 nitrogen and oxygen atoms in total. The molecule has 0 amide bonds. The Kier molecular flexibility index (Phi) is 5.25. The topological polar surface area (TPSA) is 87.5 Å². The summed E-state index contributed by atoms with van der Waals surface area (Å²) in [6, 6.07) is 6.26. The quantitative estimate of drug-likeness (QED) is 0.437. The van der Waals surface area contributed by atoms with Gasteiger partial charge in [0.1, 0.15) is 6.33 Å². The van der Waals surface area contributed by atoms with Crippen LogP contribution in [-0.4, -0.2) is 74.5 Å². The number of hydrogen-bond acceptors (Lipinski definition) is 7. The van der Waals surface area contributed by atoms with E-state index in [4.69, 9.17) is 14.8 Å². The molecule has 6 heterocycles. The van der Waals surface area contributed by atoms with Gasteiger partial charge in [0.25, 0.3) is 0 Å². The first-order valence-electron chi connectivity index (χ1n) is 12.4. The summed E-state index contributed by atoms with van der Waals surface area (Å²) in [6.07, 6.45) is 6.70. The normalized spacial score (nSPS) is 17.2. The summed E-state index contributed by atoms with van der Waals surface area (Å²) in [5.74, 6) is 0.913. The Bertz CT molecular complexity index is 1340. The molecule has 4 aromatic rings. The van der Waals surface area contributed by atoms with Crippen molar-refractivity contribution in [1.29, 1.82) is 0 Å². The van der Waals surface area contributed by atoms with E-state index >= 15 is 0 Å². The minimum atomic E-state index is 0.248. The molecular weight excluding hydrogens is 440 g/mol. The van der Waals surface area contributed by atoms with Gasteiger partial charge in [-0.15, -0.1) is 0 Å². The Labute approximate surface area is 205 Å². The fourth-order valence-electron chi connectivity index (χ4n) is 5.75. The van der Waals surface area contributed by atoms with Crippen LogP contribution in [0.1, 0.15) is 38.7 Å². The van der Waals surface area contributed by atoms with Crippen LogP contribution in [0.3, 0.4) is 0 Å². The number of fused-ring (bicyclic) bond motifs is 1. The highest BCUT2D eigenvalue weighted by Crippen LogP contribution is 2.42. The lowest BCUT2D eigenvalue weighted by Crippen LogP contribution is -2.72. The number of pyridine rings is 2. The van der Waals surface area contributed by atoms with Gasteiger partial charge in [0.05, 0.1) is 36.1 Å². The van der Waals surface area contributed by atoms with Gasteiger partial charge in [0.2, 0.25) is 0 Å². The van der Waals surface area contributed by atoms with Gasteiger partial charge in [-0.05, 0) is 37.1 Å². The molecule has 0 aromatic carbocycles. The predicted octanol–water partition coefficient (Wildman–Crippen LogP) is 3.85. The van der Waals surface area contributed by atoms with Crippen molar-refractivity contribution in [3.63, 3.8) is 0 Å². The predicted molar refractivity (Wildman–Crippen MR) is 136 cm³/mol. The van der Waals surface area contributed by atoms with E-state index in [0.29, 0.717) is 16.8 Å². The van der Waals surface area contributed by atoms with Gasteiger partial charge in [0.15, 0.2) is 11.4 Å². The van der Waals surface area contributed by atoms with E-state index in [1.807, 2.05) is 18.5 Å². The summed E-state index contributed by atoms with van der Waals surface area (Å²) in [4.78, 5) is 14.1. The molecule has 0 atom stereocenters. The van der Waals surface area contributed by atoms with Gasteiger partial charge in [-0.1, -0.05) is 20.8 Å². The number of H-pyrrole nitrogens is 1. The Hall–Kier alpha value is -3.46. The fraction of sp³-hybridized carbons (Fsp3) is 0.462. The van der Waals surface area contributed by atoms with Gasteiger partial charge < -0.3 is 14.5 Å². The highest BCUT2D eigenvalue weighted by Gasteiger charge is 2.51. The van der Waals surface area contributed by atoms with Gasteiger partial charge in [-0.3, -0.25) is 10.1 Å². The van der Waals surface area contributed by atoms with Crippen LogP contribution in [0.2, 0.25) is 0 Å². The van der Waals surface area contributed by atoms with Gasteiger partial charge >= 0.3 is 0 Å². The molecule has 0 bridgehead atoms. The first kappa shape index (κ1) is 22.0. The molecule has 6 rings (SSSR count). The van der Waals surface area contributed by atoms with Crippen molar-refractivity contribution in [2.45, 2.75) is 33.1 Å². The number of hydrogen-bond donors (Lipinski definition) is 1. The van der Waals surface area contributed by atoms with Crippen molar-refractivity contribution >= 4 is 11.3 Å². The van der Waals surface area contributed by atoms with Crippen LogP contribution in [-0.2, 0) is 0 Å². The van der Waals surface area contributed by atoms with Crippen LogP contribution in [0.5, 0.6) is 5.75 Å². The minimum absolute atomic E-state index is 0.248. The zero-order chi connectivity index (χ0) is 24.2. The molecule has 2 aliphatic rings. The van der Waals surface area contributed by atoms with E-state index in [9.17, 15) is 0 Å². The largest absolute Gasteiger partial charge is 0.493 e. The molecule has 9 heteroatoms. The number of ether oxygens (including phenoxy) is 1. The molecule has 1 spiro atoms. The van der Waals surface area contributed by atoms with Crippen LogP contribution < -0.4 is 9.64 Å². The summed E-state index contributed by atoms with van der Waals surface area (Å²) >= 11 is 0. The molecular formula is C26H32N8O. The summed E-state index contributed by atoms with van der Waals surface area (Å²) in [6.45, 7) is 12.6. The average Bonchev–Trinajstić information content (AvgIpc) is 3.46. The van der Waals surface area contributed by atoms with Crippen LogP contribution in [0.4, 0.5) is 5.69 Å². The van der Waals surface area contributed by atoms with Crippen molar-refractivity contribution in [3.05, 3.63) is 42.5 Å². The maximum absolute atomic E-state index is 5.56. The average molecular weight is 473 g/mol. The third-order valence-electron chi connectivity index (χ3n) is 7.30. The first-order valence-corrected chi connectivity index (χ1v) is 12.4. The third-order valence-corrected chi connectivity index (χ3v) is 7.30. The molecule has 2 saturated heterocycles.